The summed E-state index contributed by atoms with van der Waals surface area (Å²) in [5, 5.41) is 27.9. The van der Waals surface area contributed by atoms with Crippen LogP contribution >= 0.6 is 7.26 Å². The summed E-state index contributed by atoms with van der Waals surface area (Å²) in [5.41, 5.74) is 2.06. The summed E-state index contributed by atoms with van der Waals surface area (Å²) < 4.78 is 13.9. The molecule has 0 saturated heterocycles. The minimum Gasteiger partial charge on any atom is -0.741 e. The maximum Gasteiger partial charge on any atom is 2.00 e. The molecule has 5 aromatic rings. The molecule has 0 amide bonds. The Labute approximate surface area is 297 Å². The average molecular weight is 725 g/mol. The van der Waals surface area contributed by atoms with E-state index >= 15 is 0 Å². The van der Waals surface area contributed by atoms with E-state index in [1.165, 1.54) is 28.0 Å². The molecule has 0 unspecified atom stereocenters. The van der Waals surface area contributed by atoms with Crippen molar-refractivity contribution in [3.8, 4) is 0 Å². The second kappa shape index (κ2) is 17.6. The van der Waals surface area contributed by atoms with E-state index < -0.39 is 7.26 Å². The van der Waals surface area contributed by atoms with E-state index in [0.29, 0.717) is 23.3 Å². The number of hydrogen-bond donors (Lipinski definition) is 2. The summed E-state index contributed by atoms with van der Waals surface area (Å²) in [6.45, 7) is 0. The fourth-order valence-corrected chi connectivity index (χ4v) is 9.05. The summed E-state index contributed by atoms with van der Waals surface area (Å²) in [7, 11) is -0.552. The third kappa shape index (κ3) is 8.95. The zero-order chi connectivity index (χ0) is 32.2. The first-order chi connectivity index (χ1) is 22.5. The molecule has 47 heavy (non-hydrogen) atoms. The Morgan fingerprint density at radius 1 is 0.553 bits per heavy atom. The van der Waals surface area contributed by atoms with Crippen LogP contribution in [-0.2, 0) is 42.3 Å². The first-order valence-corrected chi connectivity index (χ1v) is 17.2. The number of amidine groups is 2. The molecule has 0 heterocycles. The smallest absolute Gasteiger partial charge is 0.741 e. The zero-order valence-electron chi connectivity index (χ0n) is 25.3. The van der Waals surface area contributed by atoms with Crippen LogP contribution in [0.25, 0.3) is 0 Å². The fourth-order valence-electron chi connectivity index (χ4n) is 4.92. The van der Waals surface area contributed by atoms with Crippen LogP contribution < -0.4 is 26.5 Å². The normalized spacial score (nSPS) is 12.6. The maximum atomic E-state index is 13.9. The van der Waals surface area contributed by atoms with Crippen LogP contribution in [0, 0.1) is 5.82 Å². The maximum absolute atomic E-state index is 13.9. The Morgan fingerprint density at radius 3 is 1.36 bits per heavy atom. The van der Waals surface area contributed by atoms with Gasteiger partial charge in [-0.3, -0.25) is 0 Å². The van der Waals surface area contributed by atoms with Gasteiger partial charge in [-0.2, -0.15) is 10.2 Å². The number of nitrogens with zero attached hydrogens (tertiary/aromatic N) is 4. The number of rotatable bonds is 10. The molecular formula is C36H31CuFN6PS2+. The molecule has 0 aliphatic carbocycles. The summed E-state index contributed by atoms with van der Waals surface area (Å²) in [6.07, 6.45) is 0.522. The first kappa shape index (κ1) is 35.6. The van der Waals surface area contributed by atoms with E-state index in [1.807, 2.05) is 48.5 Å². The second-order valence-corrected chi connectivity index (χ2v) is 14.2. The van der Waals surface area contributed by atoms with Gasteiger partial charge >= 0.3 is 17.1 Å². The molecule has 0 aliphatic rings. The van der Waals surface area contributed by atoms with Gasteiger partial charge in [0.2, 0.25) is 0 Å². The molecular weight excluding hydrogens is 694 g/mol. The van der Waals surface area contributed by atoms with Crippen LogP contribution in [0.1, 0.15) is 11.1 Å². The number of hydrogen-bond acceptors (Lipinski definition) is 6. The van der Waals surface area contributed by atoms with Crippen LogP contribution in [0.4, 0.5) is 4.39 Å². The molecule has 2 N–H and O–H groups in total. The minimum atomic E-state index is -2.21. The van der Waals surface area contributed by atoms with Crippen molar-refractivity contribution in [2.24, 2.45) is 20.4 Å². The van der Waals surface area contributed by atoms with Crippen LogP contribution in [0.15, 0.2) is 166 Å². The predicted octanol–water partition coefficient (Wildman–Crippen LogP) is 5.50. The van der Waals surface area contributed by atoms with Crippen LogP contribution in [0.2, 0.25) is 0 Å². The SMILES string of the molecule is CN/C([S-])=N/N=C(/C(=N/N=C(\[S-])NC[P+](c1ccccc1)(c1ccccc1)c1ccccc1)c1ccccc1)c1ccc(F)cc1.[Cu+2]. The van der Waals surface area contributed by atoms with Gasteiger partial charge in [0.15, 0.2) is 0 Å². The van der Waals surface area contributed by atoms with Gasteiger partial charge in [0.25, 0.3) is 0 Å². The fraction of sp³-hybridized carbons (Fsp3) is 0.0556. The predicted molar refractivity (Wildman–Crippen MR) is 198 cm³/mol. The van der Waals surface area contributed by atoms with Gasteiger partial charge < -0.3 is 35.9 Å². The Kier molecular flexibility index (Phi) is 13.3. The molecule has 0 atom stereocenters. The number of benzene rings is 5. The third-order valence-corrected chi connectivity index (χ3v) is 11.8. The Balaban J connectivity index is 0.00000500. The standard InChI is InChI=1S/C36H32FN6PS2.Cu/c1-38-35(45)42-40-34(28-22-24-29(37)25-23-28)33(27-14-6-2-7-15-27)41-43-36(46)39-26-44(30-16-8-3-9-17-30,31-18-10-4-11-19-31)32-20-12-5-13-21-32;/h2-25H,26H2,1H3,(H3-,38,39,40,41,42,43,45,46);/q;+2/p-1. The monoisotopic (exact) mass is 724 g/mol. The Hall–Kier alpha value is -4.30. The van der Waals surface area contributed by atoms with Crippen LogP contribution in [-0.4, -0.2) is 35.1 Å². The minimum absolute atomic E-state index is 0. The van der Waals surface area contributed by atoms with Gasteiger partial charge in [-0.15, -0.1) is 10.2 Å². The van der Waals surface area contributed by atoms with E-state index in [1.54, 1.807) is 19.2 Å². The van der Waals surface area contributed by atoms with Gasteiger partial charge in [-0.1, -0.05) is 84.9 Å². The van der Waals surface area contributed by atoms with Gasteiger partial charge in [-0.05, 0) is 65.8 Å². The molecule has 0 fully saturated rings. The topological polar surface area (TPSA) is 73.5 Å². The average Bonchev–Trinajstić information content (AvgIpc) is 3.12. The molecule has 0 aliphatic heterocycles. The van der Waals surface area contributed by atoms with Crippen molar-refractivity contribution < 1.29 is 21.5 Å². The molecule has 5 aromatic carbocycles. The molecule has 1 radical (unpaired) electrons. The summed E-state index contributed by atoms with van der Waals surface area (Å²) in [5.74, 6) is -0.374. The second-order valence-electron chi connectivity index (χ2n) is 9.98. The third-order valence-electron chi connectivity index (χ3n) is 7.14. The first-order valence-electron chi connectivity index (χ1n) is 14.4. The van der Waals surface area contributed by atoms with Crippen molar-refractivity contribution >= 4 is 70.2 Å². The largest absolute Gasteiger partial charge is 2.00 e. The number of halogens is 1. The van der Waals surface area contributed by atoms with E-state index in [4.69, 9.17) is 25.3 Å². The zero-order valence-corrected chi connectivity index (χ0v) is 28.8. The molecule has 5 rings (SSSR count). The summed E-state index contributed by atoms with van der Waals surface area (Å²) in [4.78, 5) is 0. The van der Waals surface area contributed by atoms with Crippen molar-refractivity contribution in [3.63, 3.8) is 0 Å². The molecule has 0 spiro atoms. The summed E-state index contributed by atoms with van der Waals surface area (Å²) >= 11 is 11.0. The van der Waals surface area contributed by atoms with Crippen molar-refractivity contribution in [1.82, 2.24) is 10.6 Å². The Bertz CT molecular complexity index is 1740. The van der Waals surface area contributed by atoms with Crippen molar-refractivity contribution in [1.29, 1.82) is 0 Å². The molecule has 0 bridgehead atoms. The van der Waals surface area contributed by atoms with Gasteiger partial charge in [0, 0.05) is 23.3 Å². The van der Waals surface area contributed by atoms with Gasteiger partial charge in [0.1, 0.15) is 46.7 Å². The molecule has 0 saturated carbocycles. The number of nitrogens with one attached hydrogen (secondary N) is 2. The molecule has 11 heteroatoms. The van der Waals surface area contributed by atoms with Crippen molar-refractivity contribution in [2.45, 2.75) is 0 Å². The van der Waals surface area contributed by atoms with Crippen molar-refractivity contribution in [2.75, 3.05) is 13.3 Å². The van der Waals surface area contributed by atoms with E-state index in [9.17, 15) is 4.39 Å². The van der Waals surface area contributed by atoms with E-state index in [-0.39, 0.29) is 33.2 Å². The molecule has 0 aromatic heterocycles. The van der Waals surface area contributed by atoms with Gasteiger partial charge in [-0.25, -0.2) is 4.39 Å². The quantitative estimate of drug-likeness (QED) is 0.0499. The molecule has 6 nitrogen and oxygen atoms in total. The molecule has 239 valence electrons. The Morgan fingerprint density at radius 2 is 0.936 bits per heavy atom. The van der Waals surface area contributed by atoms with Gasteiger partial charge in [0.05, 0.1) is 0 Å². The van der Waals surface area contributed by atoms with E-state index in [2.05, 4.69) is 104 Å². The van der Waals surface area contributed by atoms with Crippen LogP contribution in [0.5, 0.6) is 0 Å². The van der Waals surface area contributed by atoms with Crippen LogP contribution in [0.3, 0.4) is 0 Å². The van der Waals surface area contributed by atoms with E-state index in [0.717, 1.165) is 5.56 Å². The van der Waals surface area contributed by atoms with Crippen molar-refractivity contribution in [3.05, 3.63) is 163 Å². The summed E-state index contributed by atoms with van der Waals surface area (Å²) in [6, 6.07) is 46.9.